The Balaban J connectivity index is 1.22. The molecule has 0 saturated carbocycles. The Morgan fingerprint density at radius 2 is 0.826 bits per heavy atom. The summed E-state index contributed by atoms with van der Waals surface area (Å²) in [6, 6.07) is 28.2. The van der Waals surface area contributed by atoms with Crippen molar-refractivity contribution in [3.05, 3.63) is 142 Å². The lowest BCUT2D eigenvalue weighted by molar-refractivity contribution is 0.0458. The van der Waals surface area contributed by atoms with Crippen molar-refractivity contribution >= 4 is 23.9 Å². The van der Waals surface area contributed by atoms with E-state index in [2.05, 4.69) is 0 Å². The first-order valence-corrected chi connectivity index (χ1v) is 15.5. The van der Waals surface area contributed by atoms with Crippen molar-refractivity contribution in [2.45, 2.75) is 64.6 Å². The van der Waals surface area contributed by atoms with Crippen molar-refractivity contribution < 1.29 is 38.9 Å². The van der Waals surface area contributed by atoms with E-state index in [0.29, 0.717) is 24.0 Å². The predicted octanol–water partition coefficient (Wildman–Crippen LogP) is 7.92. The maximum Gasteiger partial charge on any atom is 0.339 e. The molecule has 4 rings (SSSR count). The van der Waals surface area contributed by atoms with Crippen molar-refractivity contribution in [2.24, 2.45) is 0 Å². The summed E-state index contributed by atoms with van der Waals surface area (Å²) in [5, 5.41) is 19.8. The fourth-order valence-electron chi connectivity index (χ4n) is 5.40. The van der Waals surface area contributed by atoms with Crippen LogP contribution in [0.25, 0.3) is 0 Å². The number of carboxylic acid groups (broad SMARTS) is 2. The molecule has 0 unspecified atom stereocenters. The molecule has 4 aromatic carbocycles. The Morgan fingerprint density at radius 3 is 1.20 bits per heavy atom. The van der Waals surface area contributed by atoms with Gasteiger partial charge < -0.3 is 19.7 Å². The van der Waals surface area contributed by atoms with Gasteiger partial charge in [-0.2, -0.15) is 0 Å². The first-order chi connectivity index (χ1) is 22.3. The van der Waals surface area contributed by atoms with E-state index in [1.54, 1.807) is 24.3 Å². The summed E-state index contributed by atoms with van der Waals surface area (Å²) in [7, 11) is 0. The first-order valence-electron chi connectivity index (χ1n) is 15.5. The number of hydrogen-bond donors (Lipinski definition) is 2. The number of ether oxygens (including phenoxy) is 2. The van der Waals surface area contributed by atoms with Crippen molar-refractivity contribution in [3.8, 4) is 0 Å². The number of esters is 2. The summed E-state index contributed by atoms with van der Waals surface area (Å²) < 4.78 is 10.8. The van der Waals surface area contributed by atoms with Gasteiger partial charge in [-0.05, 0) is 60.1 Å². The summed E-state index contributed by atoms with van der Waals surface area (Å²) >= 11 is 0. The molecule has 0 fully saturated rings. The molecule has 46 heavy (non-hydrogen) atoms. The van der Waals surface area contributed by atoms with Crippen LogP contribution in [0.5, 0.6) is 0 Å². The van der Waals surface area contributed by atoms with Crippen LogP contribution in [-0.2, 0) is 35.5 Å². The smallest absolute Gasteiger partial charge is 0.339 e. The number of carbonyl (C=O) groups is 4. The number of unbranched alkanes of at least 4 members (excludes halogenated alkanes) is 5. The minimum absolute atomic E-state index is 0.0130. The molecule has 0 atom stereocenters. The Kier molecular flexibility index (Phi) is 12.7. The van der Waals surface area contributed by atoms with Gasteiger partial charge in [-0.3, -0.25) is 0 Å². The molecule has 238 valence electrons. The average molecular weight is 623 g/mol. The minimum atomic E-state index is -1.16. The molecule has 0 bridgehead atoms. The van der Waals surface area contributed by atoms with Gasteiger partial charge in [0.05, 0.1) is 22.3 Å². The highest BCUT2D eigenvalue weighted by Crippen LogP contribution is 2.22. The van der Waals surface area contributed by atoms with E-state index in [0.717, 1.165) is 49.7 Å². The lowest BCUT2D eigenvalue weighted by atomic mass is 9.95. The number of carboxylic acids is 2. The van der Waals surface area contributed by atoms with Crippen molar-refractivity contribution in [1.82, 2.24) is 0 Å². The lowest BCUT2D eigenvalue weighted by Crippen LogP contribution is -2.14. The van der Waals surface area contributed by atoms with Crippen LogP contribution in [0, 0.1) is 0 Å². The quantitative estimate of drug-likeness (QED) is 0.0898. The summed E-state index contributed by atoms with van der Waals surface area (Å²) in [6.07, 6.45) is 6.19. The van der Waals surface area contributed by atoms with Crippen LogP contribution in [0.15, 0.2) is 97.1 Å². The van der Waals surface area contributed by atoms with Crippen molar-refractivity contribution in [3.63, 3.8) is 0 Å². The van der Waals surface area contributed by atoms with Gasteiger partial charge >= 0.3 is 23.9 Å². The fourth-order valence-corrected chi connectivity index (χ4v) is 5.40. The van der Waals surface area contributed by atoms with Gasteiger partial charge in [0.25, 0.3) is 0 Å². The van der Waals surface area contributed by atoms with Gasteiger partial charge in [-0.1, -0.05) is 111 Å². The number of carbonyl (C=O) groups excluding carboxylic acids is 2. The van der Waals surface area contributed by atoms with Crippen LogP contribution >= 0.6 is 0 Å². The Bertz CT molecular complexity index is 1510. The minimum Gasteiger partial charge on any atom is -0.478 e. The Morgan fingerprint density at radius 1 is 0.457 bits per heavy atom. The molecule has 0 aromatic heterocycles. The summed E-state index contributed by atoms with van der Waals surface area (Å²) in [4.78, 5) is 49.6. The largest absolute Gasteiger partial charge is 0.478 e. The van der Waals surface area contributed by atoms with E-state index in [9.17, 15) is 29.4 Å². The van der Waals surface area contributed by atoms with E-state index in [1.807, 2.05) is 60.7 Å². The van der Waals surface area contributed by atoms with Crippen LogP contribution in [0.3, 0.4) is 0 Å². The number of hydrogen-bond acceptors (Lipinski definition) is 6. The lowest BCUT2D eigenvalue weighted by Gasteiger charge is -2.12. The summed E-state index contributed by atoms with van der Waals surface area (Å²) in [5.41, 5.74) is 2.92. The summed E-state index contributed by atoms with van der Waals surface area (Å²) in [5.74, 6) is -3.64. The zero-order chi connectivity index (χ0) is 32.7. The van der Waals surface area contributed by atoms with E-state index in [1.165, 1.54) is 12.1 Å². The van der Waals surface area contributed by atoms with E-state index in [4.69, 9.17) is 9.47 Å². The molecule has 0 radical (unpaired) electrons. The highest BCUT2D eigenvalue weighted by Gasteiger charge is 2.22. The van der Waals surface area contributed by atoms with Gasteiger partial charge in [0.1, 0.15) is 13.2 Å². The Labute approximate surface area is 268 Å². The SMILES string of the molecule is O=C(OCc1ccccc1)c1cccc(CCCCCCCCc2cccc(C(=O)OCc3ccccc3)c2C(=O)O)c1C(=O)O. The summed E-state index contributed by atoms with van der Waals surface area (Å²) in [6.45, 7) is 0.126. The highest BCUT2D eigenvalue weighted by molar-refractivity contribution is 6.04. The molecular weight excluding hydrogens is 584 g/mol. The monoisotopic (exact) mass is 622 g/mol. The molecule has 0 saturated heterocycles. The second-order valence-corrected chi connectivity index (χ2v) is 11.0. The third-order valence-corrected chi connectivity index (χ3v) is 7.74. The molecule has 0 spiro atoms. The predicted molar refractivity (Wildman–Crippen MR) is 173 cm³/mol. The molecule has 0 amide bonds. The maximum atomic E-state index is 12.7. The molecule has 0 aliphatic rings. The van der Waals surface area contributed by atoms with Gasteiger partial charge in [-0.25, -0.2) is 19.2 Å². The number of rotatable bonds is 17. The van der Waals surface area contributed by atoms with E-state index < -0.39 is 23.9 Å². The number of aryl methyl sites for hydroxylation is 2. The van der Waals surface area contributed by atoms with Gasteiger partial charge in [-0.15, -0.1) is 0 Å². The van der Waals surface area contributed by atoms with E-state index >= 15 is 0 Å². The number of benzene rings is 4. The maximum absolute atomic E-state index is 12.7. The standard InChI is InChI=1S/C38H38O8/c39-35(40)33-29(21-13-23-31(33)37(43)45-25-27-15-7-5-8-16-27)19-11-3-1-2-4-12-20-30-22-14-24-32(34(30)36(41)42)38(44)46-26-28-17-9-6-10-18-28/h5-10,13-18,21-24H,1-4,11-12,19-20,25-26H2,(H,39,40)(H,41,42). The average Bonchev–Trinajstić information content (AvgIpc) is 3.07. The van der Waals surface area contributed by atoms with Crippen LogP contribution < -0.4 is 0 Å². The first kappa shape index (κ1) is 33.6. The van der Waals surface area contributed by atoms with Gasteiger partial charge in [0, 0.05) is 0 Å². The zero-order valence-electron chi connectivity index (χ0n) is 25.7. The third kappa shape index (κ3) is 9.63. The fraction of sp³-hybridized carbons (Fsp3) is 0.263. The molecule has 0 heterocycles. The molecule has 8 heteroatoms. The number of aromatic carboxylic acids is 2. The van der Waals surface area contributed by atoms with Gasteiger partial charge in [0.2, 0.25) is 0 Å². The van der Waals surface area contributed by atoms with Crippen molar-refractivity contribution in [1.29, 1.82) is 0 Å². The van der Waals surface area contributed by atoms with Crippen LogP contribution in [0.4, 0.5) is 0 Å². The van der Waals surface area contributed by atoms with Gasteiger partial charge in [0.15, 0.2) is 0 Å². The van der Waals surface area contributed by atoms with Crippen molar-refractivity contribution in [2.75, 3.05) is 0 Å². The third-order valence-electron chi connectivity index (χ3n) is 7.74. The second kappa shape index (κ2) is 17.3. The molecule has 0 aliphatic carbocycles. The molecule has 0 aliphatic heterocycles. The normalized spacial score (nSPS) is 10.7. The van der Waals surface area contributed by atoms with E-state index in [-0.39, 0.29) is 35.5 Å². The Hall–Kier alpha value is -5.24. The highest BCUT2D eigenvalue weighted by atomic mass is 16.5. The topological polar surface area (TPSA) is 127 Å². The second-order valence-electron chi connectivity index (χ2n) is 11.0. The van der Waals surface area contributed by atoms with Crippen LogP contribution in [0.1, 0.15) is 102 Å². The van der Waals surface area contributed by atoms with Crippen LogP contribution in [-0.4, -0.2) is 34.1 Å². The zero-order valence-corrected chi connectivity index (χ0v) is 25.7. The van der Waals surface area contributed by atoms with Crippen LogP contribution in [0.2, 0.25) is 0 Å². The molecule has 2 N–H and O–H groups in total. The molecule has 4 aromatic rings. The molecular formula is C38H38O8. The molecule has 8 nitrogen and oxygen atoms in total.